The Morgan fingerprint density at radius 3 is 2.75 bits per heavy atom. The molecule has 1 aliphatic rings. The van der Waals surface area contributed by atoms with Crippen LogP contribution in [-0.2, 0) is 6.18 Å². The number of alkyl halides is 3. The van der Waals surface area contributed by atoms with E-state index in [9.17, 15) is 18.0 Å². The summed E-state index contributed by atoms with van der Waals surface area (Å²) in [6.07, 6.45) is -2.98. The number of rotatable bonds is 4. The van der Waals surface area contributed by atoms with Crippen molar-refractivity contribution in [1.29, 1.82) is 0 Å². The van der Waals surface area contributed by atoms with E-state index in [4.69, 9.17) is 4.74 Å². The van der Waals surface area contributed by atoms with Gasteiger partial charge in [-0.2, -0.15) is 13.2 Å². The lowest BCUT2D eigenvalue weighted by Gasteiger charge is -2.15. The van der Waals surface area contributed by atoms with E-state index in [2.05, 4.69) is 5.32 Å². The van der Waals surface area contributed by atoms with Gasteiger partial charge < -0.3 is 10.1 Å². The smallest absolute Gasteiger partial charge is 0.416 e. The molecule has 1 saturated heterocycles. The summed E-state index contributed by atoms with van der Waals surface area (Å²) in [5.41, 5.74) is -0.830. The Balaban J connectivity index is 2.38. The average Bonchev–Trinajstić information content (AvgIpc) is 2.91. The standard InChI is InChI=1S/C14H16F3NO2/c1-2-20-12-6-5-9(14(15,16)17)8-10(12)13(19)11-4-3-7-18-11/h5-6,8,11,18H,2-4,7H2,1H3. The van der Waals surface area contributed by atoms with Crippen LogP contribution in [0.15, 0.2) is 18.2 Å². The Kier molecular flexibility index (Phi) is 4.32. The maximum atomic E-state index is 12.8. The van der Waals surface area contributed by atoms with Crippen molar-refractivity contribution in [2.75, 3.05) is 13.2 Å². The van der Waals surface area contributed by atoms with Crippen molar-refractivity contribution in [2.24, 2.45) is 0 Å². The fourth-order valence-corrected chi connectivity index (χ4v) is 2.28. The quantitative estimate of drug-likeness (QED) is 0.865. The van der Waals surface area contributed by atoms with Gasteiger partial charge in [0.05, 0.1) is 23.8 Å². The number of carbonyl (C=O) groups is 1. The Morgan fingerprint density at radius 1 is 1.45 bits per heavy atom. The second-order valence-electron chi connectivity index (χ2n) is 4.65. The largest absolute Gasteiger partial charge is 0.493 e. The minimum absolute atomic E-state index is 0.000995. The van der Waals surface area contributed by atoms with Crippen LogP contribution in [0.5, 0.6) is 5.75 Å². The van der Waals surface area contributed by atoms with E-state index >= 15 is 0 Å². The molecule has 0 aromatic heterocycles. The zero-order chi connectivity index (χ0) is 14.8. The Morgan fingerprint density at radius 2 is 2.20 bits per heavy atom. The second kappa shape index (κ2) is 5.83. The van der Waals surface area contributed by atoms with Crippen LogP contribution in [0.3, 0.4) is 0 Å². The van der Waals surface area contributed by atoms with Gasteiger partial charge in [0.2, 0.25) is 0 Å². The maximum Gasteiger partial charge on any atom is 0.416 e. The lowest BCUT2D eigenvalue weighted by molar-refractivity contribution is -0.137. The van der Waals surface area contributed by atoms with Crippen molar-refractivity contribution >= 4 is 5.78 Å². The van der Waals surface area contributed by atoms with Crippen molar-refractivity contribution in [3.8, 4) is 5.75 Å². The monoisotopic (exact) mass is 287 g/mol. The van der Waals surface area contributed by atoms with Crippen LogP contribution in [0.25, 0.3) is 0 Å². The van der Waals surface area contributed by atoms with Gasteiger partial charge in [0.25, 0.3) is 0 Å². The Bertz CT molecular complexity index is 494. The highest BCUT2D eigenvalue weighted by molar-refractivity contribution is 6.02. The van der Waals surface area contributed by atoms with Gasteiger partial charge >= 0.3 is 6.18 Å². The second-order valence-corrected chi connectivity index (χ2v) is 4.65. The number of Topliss-reactive ketones (excluding diaryl/α,β-unsaturated/α-hetero) is 1. The number of hydrogen-bond donors (Lipinski definition) is 1. The van der Waals surface area contributed by atoms with Crippen LogP contribution < -0.4 is 10.1 Å². The molecule has 0 aliphatic carbocycles. The van der Waals surface area contributed by atoms with Crippen molar-refractivity contribution in [1.82, 2.24) is 5.32 Å². The summed E-state index contributed by atoms with van der Waals surface area (Å²) in [5, 5.41) is 3.00. The molecule has 0 saturated carbocycles. The predicted octanol–water partition coefficient (Wildman–Crippen LogP) is 3.04. The molecule has 1 aromatic rings. The summed E-state index contributed by atoms with van der Waals surface area (Å²) in [5.74, 6) is -0.128. The van der Waals surface area contributed by atoms with Crippen LogP contribution in [0.1, 0.15) is 35.7 Å². The summed E-state index contributed by atoms with van der Waals surface area (Å²) in [7, 11) is 0. The first kappa shape index (κ1) is 14.8. The number of benzene rings is 1. The molecule has 1 aliphatic heterocycles. The van der Waals surface area contributed by atoms with Crippen LogP contribution in [-0.4, -0.2) is 25.0 Å². The minimum Gasteiger partial charge on any atom is -0.493 e. The molecule has 6 heteroatoms. The summed E-state index contributed by atoms with van der Waals surface area (Å²) in [6, 6.07) is 2.61. The van der Waals surface area contributed by atoms with Crippen molar-refractivity contribution in [3.63, 3.8) is 0 Å². The molecule has 1 heterocycles. The predicted molar refractivity (Wildman–Crippen MR) is 68.0 cm³/mol. The molecule has 3 nitrogen and oxygen atoms in total. The number of nitrogens with one attached hydrogen (secondary N) is 1. The molecule has 0 amide bonds. The lowest BCUT2D eigenvalue weighted by atomic mass is 9.99. The normalized spacial score (nSPS) is 19.1. The first-order chi connectivity index (χ1) is 9.43. The molecule has 110 valence electrons. The Hall–Kier alpha value is -1.56. The molecule has 1 N–H and O–H groups in total. The molecule has 20 heavy (non-hydrogen) atoms. The van der Waals surface area contributed by atoms with Crippen molar-refractivity contribution < 1.29 is 22.7 Å². The lowest BCUT2D eigenvalue weighted by Crippen LogP contribution is -2.31. The van der Waals surface area contributed by atoms with Crippen molar-refractivity contribution in [3.05, 3.63) is 29.3 Å². The third-order valence-electron chi connectivity index (χ3n) is 3.25. The summed E-state index contributed by atoms with van der Waals surface area (Å²) in [6.45, 7) is 2.73. The van der Waals surface area contributed by atoms with E-state index < -0.39 is 17.8 Å². The van der Waals surface area contributed by atoms with Crippen molar-refractivity contribution in [2.45, 2.75) is 32.0 Å². The molecule has 1 fully saturated rings. The molecule has 0 bridgehead atoms. The first-order valence-corrected chi connectivity index (χ1v) is 6.55. The first-order valence-electron chi connectivity index (χ1n) is 6.55. The fraction of sp³-hybridized carbons (Fsp3) is 0.500. The van der Waals surface area contributed by atoms with Crippen LogP contribution in [0, 0.1) is 0 Å². The van der Waals surface area contributed by atoms with Crippen LogP contribution >= 0.6 is 0 Å². The van der Waals surface area contributed by atoms with E-state index in [0.29, 0.717) is 19.6 Å². The van der Waals surface area contributed by atoms with E-state index in [-0.39, 0.29) is 17.1 Å². The van der Waals surface area contributed by atoms with E-state index in [1.807, 2.05) is 0 Å². The molecular weight excluding hydrogens is 271 g/mol. The summed E-state index contributed by atoms with van der Waals surface area (Å²) >= 11 is 0. The van der Waals surface area contributed by atoms with Gasteiger partial charge in [-0.3, -0.25) is 4.79 Å². The third kappa shape index (κ3) is 3.12. The van der Waals surface area contributed by atoms with E-state index in [1.54, 1.807) is 6.92 Å². The molecule has 1 aromatic carbocycles. The summed E-state index contributed by atoms with van der Waals surface area (Å²) in [4.78, 5) is 12.3. The molecule has 1 atom stereocenters. The zero-order valence-electron chi connectivity index (χ0n) is 11.1. The minimum atomic E-state index is -4.47. The van der Waals surface area contributed by atoms with Crippen LogP contribution in [0.2, 0.25) is 0 Å². The van der Waals surface area contributed by atoms with Gasteiger partial charge in [0.15, 0.2) is 5.78 Å². The van der Waals surface area contributed by atoms with Gasteiger partial charge in [-0.25, -0.2) is 0 Å². The molecule has 1 unspecified atom stereocenters. The summed E-state index contributed by atoms with van der Waals surface area (Å²) < 4.78 is 43.5. The highest BCUT2D eigenvalue weighted by Crippen LogP contribution is 2.33. The molecule has 0 spiro atoms. The molecule has 2 rings (SSSR count). The highest BCUT2D eigenvalue weighted by atomic mass is 19.4. The highest BCUT2D eigenvalue weighted by Gasteiger charge is 2.33. The topological polar surface area (TPSA) is 38.3 Å². The number of carbonyl (C=O) groups excluding carboxylic acids is 1. The van der Waals surface area contributed by atoms with Gasteiger partial charge in [-0.05, 0) is 44.5 Å². The molecular formula is C14H16F3NO2. The number of hydrogen-bond acceptors (Lipinski definition) is 3. The average molecular weight is 287 g/mol. The van der Waals surface area contributed by atoms with Crippen LogP contribution in [0.4, 0.5) is 13.2 Å². The number of ether oxygens (including phenoxy) is 1. The van der Waals surface area contributed by atoms with Gasteiger partial charge in [-0.1, -0.05) is 0 Å². The van der Waals surface area contributed by atoms with E-state index in [1.165, 1.54) is 6.07 Å². The third-order valence-corrected chi connectivity index (χ3v) is 3.25. The fourth-order valence-electron chi connectivity index (χ4n) is 2.28. The Labute approximate surface area is 115 Å². The molecule has 0 radical (unpaired) electrons. The van der Waals surface area contributed by atoms with Gasteiger partial charge in [-0.15, -0.1) is 0 Å². The SMILES string of the molecule is CCOc1ccc(C(F)(F)F)cc1C(=O)C1CCCN1. The zero-order valence-corrected chi connectivity index (χ0v) is 11.1. The maximum absolute atomic E-state index is 12.8. The number of halogens is 3. The van der Waals surface area contributed by atoms with Gasteiger partial charge in [0.1, 0.15) is 5.75 Å². The van der Waals surface area contributed by atoms with Gasteiger partial charge in [0, 0.05) is 0 Å². The number of ketones is 1. The van der Waals surface area contributed by atoms with E-state index in [0.717, 1.165) is 18.6 Å².